The Bertz CT molecular complexity index is 780. The van der Waals surface area contributed by atoms with Crippen LogP contribution in [-0.2, 0) is 13.0 Å². The van der Waals surface area contributed by atoms with Crippen LogP contribution in [0.15, 0.2) is 41.2 Å². The lowest BCUT2D eigenvalue weighted by atomic mass is 9.95. The van der Waals surface area contributed by atoms with E-state index in [4.69, 9.17) is 0 Å². The highest BCUT2D eigenvalue weighted by Gasteiger charge is 2.26. The fourth-order valence-corrected chi connectivity index (χ4v) is 3.35. The molecule has 2 aromatic rings. The molecule has 6 nitrogen and oxygen atoms in total. The highest BCUT2D eigenvalue weighted by Crippen LogP contribution is 2.22. The quantitative estimate of drug-likeness (QED) is 0.866. The lowest BCUT2D eigenvalue weighted by Crippen LogP contribution is -2.48. The monoisotopic (exact) mass is 340 g/mol. The maximum atomic E-state index is 12.3. The van der Waals surface area contributed by atoms with Crippen LogP contribution < -0.4 is 10.9 Å². The van der Waals surface area contributed by atoms with Crippen LogP contribution in [0.1, 0.15) is 35.5 Å². The predicted octanol–water partition coefficient (Wildman–Crippen LogP) is 1.58. The summed E-state index contributed by atoms with van der Waals surface area (Å²) >= 11 is 0. The van der Waals surface area contributed by atoms with E-state index in [-0.39, 0.29) is 23.2 Å². The molecule has 132 valence electrons. The van der Waals surface area contributed by atoms with Crippen LogP contribution in [0.2, 0.25) is 0 Å². The fourth-order valence-electron chi connectivity index (χ4n) is 3.35. The van der Waals surface area contributed by atoms with E-state index in [2.05, 4.69) is 58.5 Å². The number of aromatic nitrogens is 2. The van der Waals surface area contributed by atoms with E-state index in [0.29, 0.717) is 12.5 Å². The molecule has 1 amide bonds. The highest BCUT2D eigenvalue weighted by molar-refractivity contribution is 5.91. The lowest BCUT2D eigenvalue weighted by molar-refractivity contribution is 0.0898. The van der Waals surface area contributed by atoms with Gasteiger partial charge in [-0.25, -0.2) is 5.10 Å². The molecule has 3 rings (SSSR count). The van der Waals surface area contributed by atoms with Crippen molar-refractivity contribution in [1.29, 1.82) is 0 Å². The Morgan fingerprint density at radius 3 is 2.68 bits per heavy atom. The van der Waals surface area contributed by atoms with Gasteiger partial charge in [-0.1, -0.05) is 38.1 Å². The second-order valence-corrected chi connectivity index (χ2v) is 6.82. The lowest BCUT2D eigenvalue weighted by Gasteiger charge is -2.38. The summed E-state index contributed by atoms with van der Waals surface area (Å²) in [5.74, 6) is 0.147. The van der Waals surface area contributed by atoms with E-state index in [1.165, 1.54) is 23.3 Å². The first kappa shape index (κ1) is 17.4. The Kier molecular flexibility index (Phi) is 5.28. The number of benzene rings is 1. The highest BCUT2D eigenvalue weighted by atomic mass is 16.2. The molecule has 0 saturated carbocycles. The number of nitrogens with zero attached hydrogens (tertiary/aromatic N) is 2. The molecule has 0 radical (unpaired) electrons. The molecule has 6 heteroatoms. The molecule has 2 N–H and O–H groups in total. The van der Waals surface area contributed by atoms with Crippen molar-refractivity contribution in [1.82, 2.24) is 20.4 Å². The summed E-state index contributed by atoms with van der Waals surface area (Å²) in [7, 11) is 0. The molecule has 0 aliphatic carbocycles. The van der Waals surface area contributed by atoms with Crippen LogP contribution in [0.4, 0.5) is 0 Å². The van der Waals surface area contributed by atoms with Crippen LogP contribution >= 0.6 is 0 Å². The molecule has 0 bridgehead atoms. The third-order valence-corrected chi connectivity index (χ3v) is 4.78. The van der Waals surface area contributed by atoms with E-state index in [9.17, 15) is 9.59 Å². The second-order valence-electron chi connectivity index (χ2n) is 6.82. The van der Waals surface area contributed by atoms with Gasteiger partial charge in [-0.2, -0.15) is 5.10 Å². The molecule has 1 atom stereocenters. The van der Waals surface area contributed by atoms with Crippen molar-refractivity contribution < 1.29 is 4.79 Å². The molecule has 1 aliphatic heterocycles. The minimum absolute atomic E-state index is 0.228. The molecule has 0 fully saturated rings. The number of amides is 1. The Labute approximate surface area is 147 Å². The number of H-pyrrole nitrogens is 1. The van der Waals surface area contributed by atoms with Gasteiger partial charge in [0.25, 0.3) is 11.5 Å². The molecule has 1 aromatic heterocycles. The van der Waals surface area contributed by atoms with E-state index < -0.39 is 0 Å². The topological polar surface area (TPSA) is 78.1 Å². The molecule has 1 aromatic carbocycles. The van der Waals surface area contributed by atoms with Crippen LogP contribution in [0, 0.1) is 5.92 Å². The van der Waals surface area contributed by atoms with Crippen molar-refractivity contribution in [2.45, 2.75) is 32.9 Å². The summed E-state index contributed by atoms with van der Waals surface area (Å²) in [5, 5.41) is 9.02. The Hall–Kier alpha value is -2.47. The Morgan fingerprint density at radius 2 is 2.00 bits per heavy atom. The number of rotatable bonds is 5. The second kappa shape index (κ2) is 7.61. The van der Waals surface area contributed by atoms with Gasteiger partial charge < -0.3 is 5.32 Å². The van der Waals surface area contributed by atoms with Crippen LogP contribution in [-0.4, -0.2) is 40.1 Å². The Balaban J connectivity index is 1.65. The number of carbonyl (C=O) groups excluding carboxylic acids is 1. The number of fused-ring (bicyclic) bond motifs is 1. The molecule has 25 heavy (non-hydrogen) atoms. The molecule has 2 heterocycles. The average Bonchev–Trinajstić information content (AvgIpc) is 2.62. The SMILES string of the molecule is CC(C)[C@H](CNC(=O)c1ccc(=O)[nH]n1)N1CCc2ccccc2C1. The van der Waals surface area contributed by atoms with E-state index in [1.54, 1.807) is 0 Å². The maximum absolute atomic E-state index is 12.3. The summed E-state index contributed by atoms with van der Waals surface area (Å²) in [5.41, 5.74) is 2.70. The number of carbonyl (C=O) groups is 1. The summed E-state index contributed by atoms with van der Waals surface area (Å²) < 4.78 is 0. The smallest absolute Gasteiger partial charge is 0.271 e. The zero-order valence-electron chi connectivity index (χ0n) is 14.7. The number of nitrogens with one attached hydrogen (secondary N) is 2. The summed E-state index contributed by atoms with van der Waals surface area (Å²) in [6, 6.07) is 11.5. The molecular weight excluding hydrogens is 316 g/mol. The normalized spacial score (nSPS) is 15.6. The van der Waals surface area contributed by atoms with Crippen LogP contribution in [0.3, 0.4) is 0 Å². The maximum Gasteiger partial charge on any atom is 0.271 e. The largest absolute Gasteiger partial charge is 0.349 e. The standard InChI is InChI=1S/C19H24N4O2/c1-13(2)17(11-20-19(25)16-7-8-18(24)22-21-16)23-10-9-14-5-3-4-6-15(14)12-23/h3-8,13,17H,9-12H2,1-2H3,(H,20,25)(H,22,24)/t17-/m0/s1. The van der Waals surface area contributed by atoms with Crippen molar-refractivity contribution >= 4 is 5.91 Å². The Morgan fingerprint density at radius 1 is 1.24 bits per heavy atom. The van der Waals surface area contributed by atoms with Gasteiger partial charge in [0.1, 0.15) is 5.69 Å². The third-order valence-electron chi connectivity index (χ3n) is 4.78. The van der Waals surface area contributed by atoms with Gasteiger partial charge in [-0.3, -0.25) is 14.5 Å². The first-order valence-corrected chi connectivity index (χ1v) is 8.69. The van der Waals surface area contributed by atoms with Gasteiger partial charge in [0, 0.05) is 31.7 Å². The van der Waals surface area contributed by atoms with Gasteiger partial charge in [-0.15, -0.1) is 0 Å². The van der Waals surface area contributed by atoms with Crippen LogP contribution in [0.25, 0.3) is 0 Å². The molecule has 0 unspecified atom stereocenters. The summed E-state index contributed by atoms with van der Waals surface area (Å²) in [6.45, 7) is 6.81. The number of hydrogen-bond donors (Lipinski definition) is 2. The number of aromatic amines is 1. The molecule has 0 spiro atoms. The molecule has 0 saturated heterocycles. The average molecular weight is 340 g/mol. The molecular formula is C19H24N4O2. The van der Waals surface area contributed by atoms with Gasteiger partial charge >= 0.3 is 0 Å². The van der Waals surface area contributed by atoms with Gasteiger partial charge in [0.15, 0.2) is 0 Å². The van der Waals surface area contributed by atoms with Crippen LogP contribution in [0.5, 0.6) is 0 Å². The number of hydrogen-bond acceptors (Lipinski definition) is 4. The molecule has 1 aliphatic rings. The van der Waals surface area contributed by atoms with Crippen molar-refractivity contribution in [2.24, 2.45) is 5.92 Å². The minimum atomic E-state index is -0.316. The fraction of sp³-hybridized carbons (Fsp3) is 0.421. The summed E-state index contributed by atoms with van der Waals surface area (Å²) in [6.07, 6.45) is 1.04. The zero-order valence-corrected chi connectivity index (χ0v) is 14.7. The minimum Gasteiger partial charge on any atom is -0.349 e. The van der Waals surface area contributed by atoms with Crippen molar-refractivity contribution in [2.75, 3.05) is 13.1 Å². The van der Waals surface area contributed by atoms with Gasteiger partial charge in [0.05, 0.1) is 0 Å². The predicted molar refractivity (Wildman–Crippen MR) is 96.4 cm³/mol. The third kappa shape index (κ3) is 4.14. The zero-order chi connectivity index (χ0) is 17.8. The van der Waals surface area contributed by atoms with Crippen molar-refractivity contribution in [3.8, 4) is 0 Å². The van der Waals surface area contributed by atoms with Gasteiger partial charge in [-0.05, 0) is 29.5 Å². The van der Waals surface area contributed by atoms with Crippen molar-refractivity contribution in [3.63, 3.8) is 0 Å². The van der Waals surface area contributed by atoms with E-state index >= 15 is 0 Å². The van der Waals surface area contributed by atoms with E-state index in [0.717, 1.165) is 19.5 Å². The van der Waals surface area contributed by atoms with Crippen molar-refractivity contribution in [3.05, 3.63) is 63.6 Å². The van der Waals surface area contributed by atoms with Gasteiger partial charge in [0.2, 0.25) is 0 Å². The first-order chi connectivity index (χ1) is 12.0. The first-order valence-electron chi connectivity index (χ1n) is 8.69. The van der Waals surface area contributed by atoms with E-state index in [1.807, 2.05) is 0 Å². The summed E-state index contributed by atoms with van der Waals surface area (Å²) in [4.78, 5) is 25.7.